The first-order chi connectivity index (χ1) is 13.8. The molecule has 1 aliphatic heterocycles. The summed E-state index contributed by atoms with van der Waals surface area (Å²) in [7, 11) is 2.07. The number of thioether (sulfide) groups is 1. The summed E-state index contributed by atoms with van der Waals surface area (Å²) in [5, 5.41) is 1.96. The fourth-order valence-corrected chi connectivity index (χ4v) is 3.87. The number of imide groups is 1. The number of rotatable bonds is 3. The smallest absolute Gasteiger partial charge is 0.290 e. The molecule has 2 amide bonds. The maximum Gasteiger partial charge on any atom is 0.290 e. The van der Waals surface area contributed by atoms with Crippen LogP contribution in [0.1, 0.15) is 58.2 Å². The summed E-state index contributed by atoms with van der Waals surface area (Å²) in [5.41, 5.74) is 5.84. The number of nitrogens with zero attached hydrogens (tertiary/aromatic N) is 1. The van der Waals surface area contributed by atoms with Gasteiger partial charge in [-0.25, -0.2) is 0 Å². The van der Waals surface area contributed by atoms with Gasteiger partial charge in [-0.1, -0.05) is 59.7 Å². The molecule has 0 aromatic heterocycles. The summed E-state index contributed by atoms with van der Waals surface area (Å²) in [6.07, 6.45) is 1.74. The lowest BCUT2D eigenvalue weighted by atomic mass is 9.80. The molecule has 0 radical (unpaired) electrons. The molecule has 158 valence electrons. The number of carbonyl (C=O) groups is 2. The minimum Gasteiger partial charge on any atom is -0.345 e. The van der Waals surface area contributed by atoms with Gasteiger partial charge in [-0.3, -0.25) is 14.9 Å². The molecule has 2 aromatic carbocycles. The SMILES string of the molecule is CN(c1ccc(/C=C2\SC(=O)NC2=O)cc1)c1cc(C(C)(C)C)cc(C(C)(C)C)c1. The summed E-state index contributed by atoms with van der Waals surface area (Å²) >= 11 is 0.935. The van der Waals surface area contributed by atoms with Crippen molar-refractivity contribution in [3.8, 4) is 0 Å². The number of carbonyl (C=O) groups excluding carboxylic acids is 2. The summed E-state index contributed by atoms with van der Waals surface area (Å²) in [6.45, 7) is 13.4. The maximum absolute atomic E-state index is 11.7. The summed E-state index contributed by atoms with van der Waals surface area (Å²) in [6, 6.07) is 14.8. The van der Waals surface area contributed by atoms with Crippen LogP contribution in [-0.2, 0) is 15.6 Å². The molecule has 1 saturated heterocycles. The lowest BCUT2D eigenvalue weighted by Gasteiger charge is -2.29. The fraction of sp³-hybridized carbons (Fsp3) is 0.360. The van der Waals surface area contributed by atoms with Crippen LogP contribution in [0.25, 0.3) is 6.08 Å². The molecule has 30 heavy (non-hydrogen) atoms. The topological polar surface area (TPSA) is 49.4 Å². The van der Waals surface area contributed by atoms with Gasteiger partial charge in [0, 0.05) is 18.4 Å². The molecule has 0 atom stereocenters. The van der Waals surface area contributed by atoms with Gasteiger partial charge in [0.1, 0.15) is 0 Å². The molecule has 4 nitrogen and oxygen atoms in total. The van der Waals surface area contributed by atoms with Gasteiger partial charge in [-0.05, 0) is 69.6 Å². The molecule has 0 saturated carbocycles. The van der Waals surface area contributed by atoms with Crippen molar-refractivity contribution in [2.24, 2.45) is 0 Å². The second-order valence-corrected chi connectivity index (χ2v) is 10.8. The van der Waals surface area contributed by atoms with E-state index in [-0.39, 0.29) is 22.0 Å². The molecule has 1 fully saturated rings. The molecule has 1 aliphatic rings. The molecular weight excluding hydrogens is 392 g/mol. The van der Waals surface area contributed by atoms with Gasteiger partial charge in [-0.15, -0.1) is 0 Å². The van der Waals surface area contributed by atoms with Crippen LogP contribution in [-0.4, -0.2) is 18.2 Å². The highest BCUT2D eigenvalue weighted by molar-refractivity contribution is 8.18. The number of benzene rings is 2. The summed E-state index contributed by atoms with van der Waals surface area (Å²) < 4.78 is 0. The van der Waals surface area contributed by atoms with Crippen LogP contribution in [0, 0.1) is 0 Å². The first kappa shape index (κ1) is 22.2. The third kappa shape index (κ3) is 4.96. The van der Waals surface area contributed by atoms with Gasteiger partial charge in [0.25, 0.3) is 11.1 Å². The Labute approximate surface area is 183 Å². The average molecular weight is 423 g/mol. The predicted octanol–water partition coefficient (Wildman–Crippen LogP) is 6.37. The minimum absolute atomic E-state index is 0.0594. The van der Waals surface area contributed by atoms with Gasteiger partial charge in [-0.2, -0.15) is 0 Å². The Morgan fingerprint density at radius 2 is 1.37 bits per heavy atom. The van der Waals surface area contributed by atoms with E-state index < -0.39 is 0 Å². The van der Waals surface area contributed by atoms with Crippen LogP contribution >= 0.6 is 11.8 Å². The fourth-order valence-electron chi connectivity index (χ4n) is 3.19. The van der Waals surface area contributed by atoms with E-state index in [2.05, 4.69) is 77.0 Å². The first-order valence-corrected chi connectivity index (χ1v) is 10.9. The lowest BCUT2D eigenvalue weighted by molar-refractivity contribution is -0.115. The van der Waals surface area contributed by atoms with Crippen molar-refractivity contribution in [3.63, 3.8) is 0 Å². The van der Waals surface area contributed by atoms with E-state index in [4.69, 9.17) is 0 Å². The molecule has 3 rings (SSSR count). The Kier molecular flexibility index (Phi) is 5.87. The molecule has 0 aliphatic carbocycles. The van der Waals surface area contributed by atoms with Crippen LogP contribution in [0.15, 0.2) is 47.4 Å². The van der Waals surface area contributed by atoms with Gasteiger partial charge in [0.05, 0.1) is 4.91 Å². The number of anilines is 2. The van der Waals surface area contributed by atoms with E-state index >= 15 is 0 Å². The molecule has 1 heterocycles. The predicted molar refractivity (Wildman–Crippen MR) is 127 cm³/mol. The van der Waals surface area contributed by atoms with Gasteiger partial charge in [0.15, 0.2) is 0 Å². The molecule has 0 spiro atoms. The minimum atomic E-state index is -0.333. The highest BCUT2D eigenvalue weighted by Gasteiger charge is 2.25. The van der Waals surface area contributed by atoms with E-state index in [1.165, 1.54) is 11.1 Å². The largest absolute Gasteiger partial charge is 0.345 e. The van der Waals surface area contributed by atoms with E-state index in [1.54, 1.807) is 6.08 Å². The summed E-state index contributed by atoms with van der Waals surface area (Å²) in [5.74, 6) is -0.333. The Hall–Kier alpha value is -2.53. The third-order valence-electron chi connectivity index (χ3n) is 5.26. The van der Waals surface area contributed by atoms with Crippen LogP contribution < -0.4 is 10.2 Å². The highest BCUT2D eigenvalue weighted by Crippen LogP contribution is 2.35. The standard InChI is InChI=1S/C25H30N2O2S/c1-24(2,3)17-13-18(25(4,5)6)15-20(14-17)27(7)19-10-8-16(9-11-19)12-21-22(28)26-23(29)30-21/h8-15H,1-7H3,(H,26,28,29)/b21-12-. The second kappa shape index (κ2) is 7.95. The van der Waals surface area contributed by atoms with Crippen LogP contribution in [0.4, 0.5) is 16.2 Å². The molecular formula is C25H30N2O2S. The van der Waals surface area contributed by atoms with Gasteiger partial charge in [0.2, 0.25) is 0 Å². The number of amides is 2. The van der Waals surface area contributed by atoms with E-state index in [1.807, 2.05) is 24.3 Å². The normalized spacial score (nSPS) is 16.2. The molecule has 5 heteroatoms. The Bertz CT molecular complexity index is 977. The zero-order valence-electron chi connectivity index (χ0n) is 18.8. The van der Waals surface area contributed by atoms with Gasteiger partial charge >= 0.3 is 0 Å². The van der Waals surface area contributed by atoms with Crippen molar-refractivity contribution in [3.05, 3.63) is 64.1 Å². The zero-order chi connectivity index (χ0) is 22.3. The molecule has 0 bridgehead atoms. The molecule has 0 unspecified atom stereocenters. The monoisotopic (exact) mass is 422 g/mol. The van der Waals surface area contributed by atoms with Crippen molar-refractivity contribution in [1.82, 2.24) is 5.32 Å². The van der Waals surface area contributed by atoms with E-state index in [0.717, 1.165) is 28.7 Å². The van der Waals surface area contributed by atoms with Crippen LogP contribution in [0.3, 0.4) is 0 Å². The number of hydrogen-bond donors (Lipinski definition) is 1. The Morgan fingerprint density at radius 1 is 0.833 bits per heavy atom. The van der Waals surface area contributed by atoms with Crippen LogP contribution in [0.5, 0.6) is 0 Å². The van der Waals surface area contributed by atoms with Crippen LogP contribution in [0.2, 0.25) is 0 Å². The maximum atomic E-state index is 11.7. The van der Waals surface area contributed by atoms with Gasteiger partial charge < -0.3 is 4.90 Å². The summed E-state index contributed by atoms with van der Waals surface area (Å²) in [4.78, 5) is 25.7. The first-order valence-electron chi connectivity index (χ1n) is 10.1. The Balaban J connectivity index is 1.93. The number of nitrogens with one attached hydrogen (secondary N) is 1. The van der Waals surface area contributed by atoms with E-state index in [0.29, 0.717) is 4.91 Å². The van der Waals surface area contributed by atoms with Crippen molar-refractivity contribution in [2.75, 3.05) is 11.9 Å². The van der Waals surface area contributed by atoms with Crippen molar-refractivity contribution in [1.29, 1.82) is 0 Å². The highest BCUT2D eigenvalue weighted by atomic mass is 32.2. The van der Waals surface area contributed by atoms with Crippen molar-refractivity contribution in [2.45, 2.75) is 52.4 Å². The van der Waals surface area contributed by atoms with Crippen molar-refractivity contribution < 1.29 is 9.59 Å². The van der Waals surface area contributed by atoms with E-state index in [9.17, 15) is 9.59 Å². The quantitative estimate of drug-likeness (QED) is 0.584. The average Bonchev–Trinajstić information content (AvgIpc) is 2.97. The third-order valence-corrected chi connectivity index (χ3v) is 6.07. The Morgan fingerprint density at radius 3 is 1.80 bits per heavy atom. The van der Waals surface area contributed by atoms with Crippen molar-refractivity contribution >= 4 is 40.4 Å². The second-order valence-electron chi connectivity index (χ2n) is 9.77. The number of hydrogen-bond acceptors (Lipinski definition) is 4. The zero-order valence-corrected chi connectivity index (χ0v) is 19.6. The lowest BCUT2D eigenvalue weighted by Crippen LogP contribution is -2.19. The molecule has 1 N–H and O–H groups in total. The molecule has 2 aromatic rings.